The molecule has 0 aliphatic heterocycles. The molecule has 8 heteroatoms. The number of pyridine rings is 1. The second-order valence-electron chi connectivity index (χ2n) is 10.3. The molecule has 8 nitrogen and oxygen atoms in total. The lowest BCUT2D eigenvalue weighted by Gasteiger charge is -2.34. The zero-order valence-corrected chi connectivity index (χ0v) is 22.2. The molecule has 0 saturated heterocycles. The maximum atomic E-state index is 14.0. The van der Waals surface area contributed by atoms with Gasteiger partial charge in [0.2, 0.25) is 0 Å². The number of rotatable bonds is 10. The minimum absolute atomic E-state index is 0.104. The molecule has 1 aliphatic rings. The van der Waals surface area contributed by atoms with E-state index in [0.717, 1.165) is 66.5 Å². The lowest BCUT2D eigenvalue weighted by Crippen LogP contribution is -2.34. The highest BCUT2D eigenvalue weighted by Gasteiger charge is 2.42. The number of hydrogen-bond acceptors (Lipinski definition) is 5. The minimum atomic E-state index is 0.104. The summed E-state index contributed by atoms with van der Waals surface area (Å²) in [5, 5.41) is 14.5. The number of tetrazole rings is 1. The van der Waals surface area contributed by atoms with Crippen LogP contribution in [0.3, 0.4) is 0 Å². The summed E-state index contributed by atoms with van der Waals surface area (Å²) < 4.78 is 4.07. The molecule has 0 bridgehead atoms. The average Bonchev–Trinajstić information content (AvgIpc) is 3.68. The number of aromatic nitrogens is 7. The first-order valence-electron chi connectivity index (χ1n) is 13.7. The van der Waals surface area contributed by atoms with Crippen LogP contribution in [0.4, 0.5) is 0 Å². The average molecular weight is 500 g/mol. The van der Waals surface area contributed by atoms with Crippen LogP contribution in [-0.2, 0) is 13.0 Å². The molecule has 1 fully saturated rings. The normalized spacial score (nSPS) is 16.9. The van der Waals surface area contributed by atoms with Gasteiger partial charge >= 0.3 is 5.69 Å². The summed E-state index contributed by atoms with van der Waals surface area (Å²) in [5.74, 6) is 0.613. The number of unbranched alkanes of at least 4 members (excludes halogenated alkanes) is 1. The molecular formula is C29H37N7O. The highest BCUT2D eigenvalue weighted by Crippen LogP contribution is 2.50. The Morgan fingerprint density at radius 3 is 2.62 bits per heavy atom. The Morgan fingerprint density at radius 1 is 1.08 bits per heavy atom. The predicted octanol–water partition coefficient (Wildman–Crippen LogP) is 5.81. The number of nitrogens with zero attached hydrogens (tertiary/aromatic N) is 6. The van der Waals surface area contributed by atoms with Crippen LogP contribution in [0.1, 0.15) is 83.0 Å². The fraction of sp³-hybridized carbons (Fsp3) is 0.483. The third kappa shape index (κ3) is 4.65. The van der Waals surface area contributed by atoms with E-state index >= 15 is 0 Å². The van der Waals surface area contributed by atoms with Gasteiger partial charge in [-0.3, -0.25) is 14.1 Å². The van der Waals surface area contributed by atoms with Crippen LogP contribution in [0.2, 0.25) is 0 Å². The van der Waals surface area contributed by atoms with Crippen LogP contribution in [0.15, 0.2) is 53.7 Å². The molecule has 5 rings (SSSR count). The summed E-state index contributed by atoms with van der Waals surface area (Å²) in [5.41, 5.74) is 5.38. The second-order valence-corrected chi connectivity index (χ2v) is 10.3. The minimum Gasteiger partial charge on any atom is -0.295 e. The fourth-order valence-corrected chi connectivity index (χ4v) is 6.31. The molecule has 0 spiro atoms. The quantitative estimate of drug-likeness (QED) is 0.297. The molecule has 0 amide bonds. The highest BCUT2D eigenvalue weighted by molar-refractivity contribution is 5.81. The molecule has 1 aliphatic carbocycles. The van der Waals surface area contributed by atoms with Gasteiger partial charge in [-0.2, -0.15) is 0 Å². The number of nitrogens with one attached hydrogen (secondary N) is 1. The Bertz CT molecular complexity index is 1380. The van der Waals surface area contributed by atoms with E-state index in [1.807, 2.05) is 35.0 Å². The van der Waals surface area contributed by atoms with Gasteiger partial charge in [-0.1, -0.05) is 57.9 Å². The van der Waals surface area contributed by atoms with Crippen LogP contribution in [0.25, 0.3) is 22.5 Å². The first kappa shape index (κ1) is 25.1. The molecule has 194 valence electrons. The Labute approximate surface area is 218 Å². The maximum Gasteiger partial charge on any atom is 0.328 e. The van der Waals surface area contributed by atoms with E-state index < -0.39 is 0 Å². The van der Waals surface area contributed by atoms with Crippen molar-refractivity contribution in [2.45, 2.75) is 84.7 Å². The number of aromatic amines is 1. The van der Waals surface area contributed by atoms with Crippen LogP contribution in [0, 0.1) is 5.41 Å². The zero-order valence-electron chi connectivity index (χ0n) is 22.2. The van der Waals surface area contributed by atoms with E-state index in [1.54, 1.807) is 6.20 Å². The summed E-state index contributed by atoms with van der Waals surface area (Å²) in [6, 6.07) is 10.3. The smallest absolute Gasteiger partial charge is 0.295 e. The molecule has 1 atom stereocenters. The molecule has 1 N–H and O–H groups in total. The third-order valence-corrected chi connectivity index (χ3v) is 8.53. The van der Waals surface area contributed by atoms with Crippen LogP contribution >= 0.6 is 0 Å². The van der Waals surface area contributed by atoms with E-state index in [1.165, 1.54) is 12.8 Å². The lowest BCUT2D eigenvalue weighted by atomic mass is 9.77. The number of imidazole rings is 1. The topological polar surface area (TPSA) is 94.3 Å². The molecule has 1 saturated carbocycles. The molecule has 4 aromatic rings. The van der Waals surface area contributed by atoms with Gasteiger partial charge in [-0.25, -0.2) is 9.89 Å². The van der Waals surface area contributed by atoms with Crippen LogP contribution in [-0.4, -0.2) is 34.7 Å². The zero-order chi connectivity index (χ0) is 25.8. The standard InChI is InChI=1S/C29H37N7O/c1-4-7-11-22-20-36(26-14-10-16-29(26,5-2)6-3)28(37)35(22)19-21-18-30-17-15-23(21)24-12-8-9-13-25(24)27-31-33-34-32-27/h8-9,12-13,15,17-18,20,26H,4-7,10-11,14,16,19H2,1-3H3,(H,31,32,33,34). The first-order valence-corrected chi connectivity index (χ1v) is 13.7. The van der Waals surface area contributed by atoms with Crippen molar-refractivity contribution in [1.82, 2.24) is 34.7 Å². The molecular weight excluding hydrogens is 462 g/mol. The van der Waals surface area contributed by atoms with Crippen molar-refractivity contribution in [3.63, 3.8) is 0 Å². The molecule has 0 radical (unpaired) electrons. The second kappa shape index (κ2) is 10.8. The van der Waals surface area contributed by atoms with E-state index in [9.17, 15) is 4.79 Å². The van der Waals surface area contributed by atoms with Gasteiger partial charge in [0.05, 0.1) is 6.54 Å². The molecule has 1 unspecified atom stereocenters. The first-order chi connectivity index (χ1) is 18.1. The summed E-state index contributed by atoms with van der Waals surface area (Å²) in [6.45, 7) is 7.25. The van der Waals surface area contributed by atoms with Gasteiger partial charge < -0.3 is 0 Å². The molecule has 1 aromatic carbocycles. The Hall–Kier alpha value is -3.55. The van der Waals surface area contributed by atoms with Crippen molar-refractivity contribution in [2.75, 3.05) is 0 Å². The Kier molecular flexibility index (Phi) is 7.35. The van der Waals surface area contributed by atoms with Gasteiger partial charge in [0, 0.05) is 35.9 Å². The summed E-state index contributed by atoms with van der Waals surface area (Å²) >= 11 is 0. The largest absolute Gasteiger partial charge is 0.328 e. The van der Waals surface area contributed by atoms with Crippen molar-refractivity contribution in [1.29, 1.82) is 0 Å². The van der Waals surface area contributed by atoms with E-state index in [-0.39, 0.29) is 17.1 Å². The van der Waals surface area contributed by atoms with Gasteiger partial charge in [0.15, 0.2) is 5.82 Å². The van der Waals surface area contributed by atoms with Gasteiger partial charge in [0.25, 0.3) is 0 Å². The van der Waals surface area contributed by atoms with Gasteiger partial charge in [0.1, 0.15) is 0 Å². The van der Waals surface area contributed by atoms with E-state index in [0.29, 0.717) is 12.4 Å². The number of benzene rings is 1. The fourth-order valence-electron chi connectivity index (χ4n) is 6.31. The van der Waals surface area contributed by atoms with E-state index in [4.69, 9.17) is 0 Å². The number of hydrogen-bond donors (Lipinski definition) is 1. The van der Waals surface area contributed by atoms with Gasteiger partial charge in [-0.05, 0) is 77.1 Å². The van der Waals surface area contributed by atoms with Gasteiger partial charge in [-0.15, -0.1) is 5.10 Å². The maximum absolute atomic E-state index is 14.0. The monoisotopic (exact) mass is 499 g/mol. The Morgan fingerprint density at radius 2 is 1.89 bits per heavy atom. The van der Waals surface area contributed by atoms with Crippen LogP contribution in [0.5, 0.6) is 0 Å². The lowest BCUT2D eigenvalue weighted by molar-refractivity contribution is 0.181. The SMILES string of the molecule is CCCCc1cn(C2CCCC2(CC)CC)c(=O)n1Cc1cnccc1-c1ccccc1-c1nnn[nH]1. The van der Waals surface area contributed by atoms with Crippen molar-refractivity contribution in [3.8, 4) is 22.5 Å². The molecule has 3 aromatic heterocycles. The van der Waals surface area contributed by atoms with Crippen molar-refractivity contribution >= 4 is 0 Å². The molecule has 37 heavy (non-hydrogen) atoms. The summed E-state index contributed by atoms with van der Waals surface area (Å²) in [4.78, 5) is 18.5. The highest BCUT2D eigenvalue weighted by atomic mass is 16.1. The summed E-state index contributed by atoms with van der Waals surface area (Å²) in [7, 11) is 0. The molecule has 3 heterocycles. The third-order valence-electron chi connectivity index (χ3n) is 8.53. The van der Waals surface area contributed by atoms with Crippen molar-refractivity contribution in [3.05, 3.63) is 70.7 Å². The Balaban J connectivity index is 1.58. The predicted molar refractivity (Wildman–Crippen MR) is 145 cm³/mol. The van der Waals surface area contributed by atoms with Crippen LogP contribution < -0.4 is 5.69 Å². The summed E-state index contributed by atoms with van der Waals surface area (Å²) in [6.07, 6.45) is 14.6. The van der Waals surface area contributed by atoms with Crippen molar-refractivity contribution < 1.29 is 0 Å². The number of H-pyrrole nitrogens is 1. The number of aryl methyl sites for hydroxylation is 1. The van der Waals surface area contributed by atoms with E-state index in [2.05, 4.69) is 63.2 Å². The van der Waals surface area contributed by atoms with Crippen molar-refractivity contribution in [2.24, 2.45) is 5.41 Å².